The second kappa shape index (κ2) is 14.7. The van der Waals surface area contributed by atoms with Crippen LogP contribution < -0.4 is 20.1 Å². The molecule has 8 rings (SSSR count). The minimum Gasteiger partial charge on any atom is -0.508 e. The highest BCUT2D eigenvalue weighted by molar-refractivity contribution is 5.95. The standard InChI is InChI=1S/C45H50N2O8/c1-54-38-17-25(5-11-34(38)49)6-12-35(50)43-36(51)21-29(30-22-37(52)44(53)39(23-30)55-2)18-26-7-8-27-19-32(48)20-28-9-10-33(42(26)41(27)28)47-40-24-31(13-16-46-40)45(43)14-3-4-15-45/h5,9-11,13,17,19-20,22-24,26,29,35,43,46-50,52-53H,3-4,6-8,12,14-16,18,21H2,1-2H3/t26-,29-,35+,43+/m0/s1. The van der Waals surface area contributed by atoms with E-state index in [-0.39, 0.29) is 46.9 Å². The van der Waals surface area contributed by atoms with Crippen LogP contribution in [0.5, 0.6) is 34.5 Å². The number of anilines is 1. The molecule has 288 valence electrons. The normalized spacial score (nSPS) is 22.3. The molecule has 2 heterocycles. The molecule has 10 nitrogen and oxygen atoms in total. The lowest BCUT2D eigenvalue weighted by Crippen LogP contribution is -2.44. The van der Waals surface area contributed by atoms with Crippen LogP contribution in [0.2, 0.25) is 0 Å². The number of methoxy groups -OCH3 is 2. The summed E-state index contributed by atoms with van der Waals surface area (Å²) in [6, 6.07) is 16.2. The molecule has 7 N–H and O–H groups in total. The first-order valence-corrected chi connectivity index (χ1v) is 19.5. The van der Waals surface area contributed by atoms with Crippen molar-refractivity contribution in [3.05, 3.63) is 100 Å². The molecule has 4 aromatic carbocycles. The van der Waals surface area contributed by atoms with E-state index in [0.717, 1.165) is 83.1 Å². The highest BCUT2D eigenvalue weighted by Crippen LogP contribution is 2.55. The Kier molecular flexibility index (Phi) is 9.79. The van der Waals surface area contributed by atoms with Crippen molar-refractivity contribution in [3.63, 3.8) is 0 Å². The number of Topliss-reactive ketones (excluding diaryl/α,β-unsaturated/α-hetero) is 1. The first kappa shape index (κ1) is 36.6. The molecule has 4 atom stereocenters. The molecule has 1 saturated carbocycles. The van der Waals surface area contributed by atoms with Gasteiger partial charge >= 0.3 is 0 Å². The van der Waals surface area contributed by atoms with Gasteiger partial charge in [0.15, 0.2) is 23.0 Å². The number of carbonyl (C=O) groups excluding carboxylic acids is 1. The Morgan fingerprint density at radius 1 is 0.909 bits per heavy atom. The Bertz CT molecular complexity index is 2200. The van der Waals surface area contributed by atoms with Gasteiger partial charge in [0.1, 0.15) is 17.4 Å². The number of rotatable bonds is 7. The van der Waals surface area contributed by atoms with Gasteiger partial charge in [-0.15, -0.1) is 0 Å². The lowest BCUT2D eigenvalue weighted by atomic mass is 9.62. The van der Waals surface area contributed by atoms with Crippen molar-refractivity contribution in [3.8, 4) is 34.5 Å². The number of phenols is 4. The summed E-state index contributed by atoms with van der Waals surface area (Å²) in [6.45, 7) is 0.570. The summed E-state index contributed by atoms with van der Waals surface area (Å²) in [5, 5.41) is 64.1. The molecule has 2 aliphatic carbocycles. The number of allylic oxidation sites excluding steroid dienone is 2. The topological polar surface area (TPSA) is 161 Å². The largest absolute Gasteiger partial charge is 0.508 e. The minimum atomic E-state index is -0.967. The van der Waals surface area contributed by atoms with Crippen molar-refractivity contribution in [1.82, 2.24) is 5.32 Å². The average molecular weight is 747 g/mol. The first-order chi connectivity index (χ1) is 26.6. The molecule has 0 saturated heterocycles. The van der Waals surface area contributed by atoms with E-state index >= 15 is 4.79 Å². The van der Waals surface area contributed by atoms with E-state index in [1.54, 1.807) is 30.3 Å². The molecule has 2 bridgehead atoms. The number of dihydropyridines is 1. The maximum Gasteiger partial charge on any atom is 0.200 e. The third-order valence-electron chi connectivity index (χ3n) is 12.7. The molecule has 0 radical (unpaired) electrons. The summed E-state index contributed by atoms with van der Waals surface area (Å²) < 4.78 is 10.8. The van der Waals surface area contributed by atoms with Gasteiger partial charge in [0.05, 0.1) is 26.2 Å². The Labute approximate surface area is 321 Å². The van der Waals surface area contributed by atoms with Crippen LogP contribution in [0.25, 0.3) is 10.8 Å². The smallest absolute Gasteiger partial charge is 0.200 e. The number of aliphatic hydroxyl groups excluding tert-OH is 1. The van der Waals surface area contributed by atoms with Crippen LogP contribution in [-0.2, 0) is 17.6 Å². The summed E-state index contributed by atoms with van der Waals surface area (Å²) in [7, 11) is 2.94. The highest BCUT2D eigenvalue weighted by Gasteiger charge is 2.50. The fourth-order valence-electron chi connectivity index (χ4n) is 10.2. The van der Waals surface area contributed by atoms with E-state index in [4.69, 9.17) is 9.47 Å². The fraction of sp³-hybridized carbons (Fsp3) is 0.400. The van der Waals surface area contributed by atoms with E-state index < -0.39 is 23.4 Å². The summed E-state index contributed by atoms with van der Waals surface area (Å²) in [5.74, 6) is -0.208. The molecule has 4 aliphatic rings. The van der Waals surface area contributed by atoms with Crippen LogP contribution in [-0.4, -0.2) is 58.2 Å². The number of aryl methyl sites for hydroxylation is 2. The van der Waals surface area contributed by atoms with Gasteiger partial charge in [-0.1, -0.05) is 31.1 Å². The number of aliphatic hydroxyl groups is 1. The fourth-order valence-corrected chi connectivity index (χ4v) is 10.2. The van der Waals surface area contributed by atoms with E-state index in [0.29, 0.717) is 37.1 Å². The van der Waals surface area contributed by atoms with Crippen molar-refractivity contribution < 1.29 is 39.8 Å². The third-order valence-corrected chi connectivity index (χ3v) is 12.7. The molecule has 10 heteroatoms. The van der Waals surface area contributed by atoms with Crippen LogP contribution in [0, 0.1) is 11.3 Å². The van der Waals surface area contributed by atoms with Gasteiger partial charge < -0.3 is 45.6 Å². The number of hydrogen-bond acceptors (Lipinski definition) is 10. The molecular weight excluding hydrogens is 697 g/mol. The lowest BCUT2D eigenvalue weighted by molar-refractivity contribution is -0.132. The summed E-state index contributed by atoms with van der Waals surface area (Å²) in [6.07, 6.45) is 9.75. The second-order valence-electron chi connectivity index (χ2n) is 15.8. The number of fused-ring (bicyclic) bond motifs is 2. The van der Waals surface area contributed by atoms with Crippen molar-refractivity contribution in [2.75, 3.05) is 26.1 Å². The predicted molar refractivity (Wildman–Crippen MR) is 211 cm³/mol. The molecular formula is C45H50N2O8. The zero-order valence-corrected chi connectivity index (χ0v) is 31.4. The zero-order chi connectivity index (χ0) is 38.4. The third kappa shape index (κ3) is 6.71. The Hall–Kier alpha value is -5.35. The second-order valence-corrected chi connectivity index (χ2v) is 15.8. The van der Waals surface area contributed by atoms with Gasteiger partial charge in [0.25, 0.3) is 0 Å². The van der Waals surface area contributed by atoms with Gasteiger partial charge in [-0.2, -0.15) is 0 Å². The van der Waals surface area contributed by atoms with Crippen LogP contribution in [0.4, 0.5) is 5.69 Å². The Morgan fingerprint density at radius 2 is 1.71 bits per heavy atom. The van der Waals surface area contributed by atoms with Crippen LogP contribution in [0.1, 0.15) is 85.5 Å². The summed E-state index contributed by atoms with van der Waals surface area (Å²) >= 11 is 0. The maximum atomic E-state index is 15.4. The molecule has 4 aromatic rings. The van der Waals surface area contributed by atoms with Crippen molar-refractivity contribution in [2.45, 2.75) is 82.1 Å². The van der Waals surface area contributed by atoms with E-state index in [1.807, 2.05) is 18.2 Å². The van der Waals surface area contributed by atoms with Crippen molar-refractivity contribution in [2.24, 2.45) is 11.3 Å². The van der Waals surface area contributed by atoms with Gasteiger partial charge in [-0.05, 0) is 144 Å². The number of benzene rings is 4. The molecule has 0 aromatic heterocycles. The van der Waals surface area contributed by atoms with Crippen LogP contribution in [0.3, 0.4) is 0 Å². The molecule has 1 spiro atoms. The molecule has 0 unspecified atom stereocenters. The molecule has 2 aliphatic heterocycles. The Balaban J connectivity index is 1.27. The molecule has 55 heavy (non-hydrogen) atoms. The SMILES string of the molecule is COc1cc(CC[C@@H](O)[C@@H]2C(=O)C[C@@H](c3cc(O)c(O)c(OC)c3)C[C@@H]3CCc4cc(O)cc5ccc(c3c45)NC3=CC(=CCN3)C23CCCC3)ccc1O. The van der Waals surface area contributed by atoms with Crippen molar-refractivity contribution in [1.29, 1.82) is 0 Å². The first-order valence-electron chi connectivity index (χ1n) is 19.5. The summed E-state index contributed by atoms with van der Waals surface area (Å²) in [5.41, 5.74) is 5.18. The van der Waals surface area contributed by atoms with Crippen LogP contribution in [0.15, 0.2) is 78.1 Å². The van der Waals surface area contributed by atoms with Crippen LogP contribution >= 0.6 is 0 Å². The number of ether oxygens (including phenoxy) is 2. The zero-order valence-electron chi connectivity index (χ0n) is 31.4. The van der Waals surface area contributed by atoms with Crippen molar-refractivity contribution >= 4 is 22.2 Å². The monoisotopic (exact) mass is 746 g/mol. The Morgan fingerprint density at radius 3 is 2.49 bits per heavy atom. The number of phenolic OH excluding ortho intramolecular Hbond substituents is 4. The number of aromatic hydroxyl groups is 4. The van der Waals surface area contributed by atoms with E-state index in [9.17, 15) is 25.5 Å². The molecule has 0 amide bonds. The van der Waals surface area contributed by atoms with Gasteiger partial charge in [0.2, 0.25) is 5.75 Å². The maximum absolute atomic E-state index is 15.4. The average Bonchev–Trinajstić information content (AvgIpc) is 3.67. The van der Waals surface area contributed by atoms with E-state index in [2.05, 4.69) is 28.9 Å². The van der Waals surface area contributed by atoms with Gasteiger partial charge in [0, 0.05) is 24.1 Å². The lowest BCUT2D eigenvalue weighted by Gasteiger charge is -2.42. The number of nitrogens with one attached hydrogen (secondary N) is 2. The minimum absolute atomic E-state index is 0.00349. The number of ketones is 1. The van der Waals surface area contributed by atoms with Gasteiger partial charge in [-0.3, -0.25) is 4.79 Å². The van der Waals surface area contributed by atoms with Gasteiger partial charge in [-0.25, -0.2) is 0 Å². The number of hydrogen-bond donors (Lipinski definition) is 7. The molecule has 1 fully saturated rings. The summed E-state index contributed by atoms with van der Waals surface area (Å²) in [4.78, 5) is 15.4. The quantitative estimate of drug-likeness (QED) is 0.0930. The van der Waals surface area contributed by atoms with E-state index in [1.165, 1.54) is 14.2 Å². The predicted octanol–water partition coefficient (Wildman–Crippen LogP) is 7.81. The number of carbonyl (C=O) groups is 1. The highest BCUT2D eigenvalue weighted by atomic mass is 16.5.